The van der Waals surface area contributed by atoms with Crippen molar-refractivity contribution in [2.45, 2.75) is 6.42 Å². The average molecular weight is 184 g/mol. The van der Waals surface area contributed by atoms with Crippen LogP contribution in [0.3, 0.4) is 0 Å². The first-order valence-corrected chi connectivity index (χ1v) is 4.25. The van der Waals surface area contributed by atoms with E-state index in [-0.39, 0.29) is 8.41 Å². The van der Waals surface area contributed by atoms with Crippen LogP contribution in [0.2, 0.25) is 0 Å². The highest BCUT2D eigenvalue weighted by Gasteiger charge is 1.95. The predicted molar refractivity (Wildman–Crippen MR) is 61.2 cm³/mol. The number of hydrogen-bond acceptors (Lipinski definition) is 2. The second kappa shape index (κ2) is 5.17. The van der Waals surface area contributed by atoms with Gasteiger partial charge in [0.25, 0.3) is 0 Å². The number of hydrogen-bond donors (Lipinski definition) is 0. The highest BCUT2D eigenvalue weighted by atomic mass is 14.7. The van der Waals surface area contributed by atoms with Crippen LogP contribution >= 0.6 is 0 Å². The molecule has 0 N–H and O–H groups in total. The molecule has 0 fully saturated rings. The molecule has 2 nitrogen and oxygen atoms in total. The fourth-order valence-corrected chi connectivity index (χ4v) is 1.19. The molecule has 0 aliphatic heterocycles. The Kier molecular flexibility index (Phi) is 3.86. The van der Waals surface area contributed by atoms with Crippen LogP contribution in [0.5, 0.6) is 0 Å². The Morgan fingerprint density at radius 2 is 1.29 bits per heavy atom. The van der Waals surface area contributed by atoms with E-state index in [1.54, 1.807) is 12.4 Å². The van der Waals surface area contributed by atoms with E-state index in [2.05, 4.69) is 9.97 Å². The molecule has 0 spiro atoms. The molecular formula is C11H13BN2. The summed E-state index contributed by atoms with van der Waals surface area (Å²) in [6.07, 6.45) is 4.41. The van der Waals surface area contributed by atoms with Gasteiger partial charge in [0.15, 0.2) is 0 Å². The number of nitrogens with zero attached hydrogens (tertiary/aromatic N) is 2. The smallest absolute Gasteiger partial charge is 0.0814 e. The van der Waals surface area contributed by atoms with Gasteiger partial charge in [-0.3, -0.25) is 9.97 Å². The molecular weight excluding hydrogens is 171 g/mol. The zero-order valence-corrected chi connectivity index (χ0v) is 7.22. The van der Waals surface area contributed by atoms with Crippen molar-refractivity contribution in [3.8, 4) is 0 Å². The molecule has 0 aliphatic carbocycles. The van der Waals surface area contributed by atoms with E-state index in [4.69, 9.17) is 0 Å². The number of pyridine rings is 2. The van der Waals surface area contributed by atoms with Crippen LogP contribution in [0.25, 0.3) is 0 Å². The maximum atomic E-state index is 4.23. The van der Waals surface area contributed by atoms with E-state index in [0.717, 1.165) is 17.8 Å². The monoisotopic (exact) mass is 184 g/mol. The van der Waals surface area contributed by atoms with Gasteiger partial charge in [-0.25, -0.2) is 0 Å². The number of rotatable bonds is 2. The Morgan fingerprint density at radius 1 is 0.786 bits per heavy atom. The molecule has 14 heavy (non-hydrogen) atoms. The van der Waals surface area contributed by atoms with Gasteiger partial charge in [0.1, 0.15) is 0 Å². The Morgan fingerprint density at radius 3 is 1.64 bits per heavy atom. The minimum atomic E-state index is 0. The molecule has 70 valence electrons. The van der Waals surface area contributed by atoms with Gasteiger partial charge in [-0.1, -0.05) is 12.1 Å². The highest BCUT2D eigenvalue weighted by Crippen LogP contribution is 2.02. The third kappa shape index (κ3) is 2.70. The van der Waals surface area contributed by atoms with Gasteiger partial charge < -0.3 is 0 Å². The maximum Gasteiger partial charge on any atom is 0.0814 e. The summed E-state index contributed by atoms with van der Waals surface area (Å²) in [6, 6.07) is 11.8. The molecule has 2 rings (SSSR count). The standard InChI is InChI=1S/C11H10N2.BH3/c1-3-7-12-10(5-1)9-11-6-2-4-8-13-11;/h1-8H,9H2;1H3. The lowest BCUT2D eigenvalue weighted by Gasteiger charge is -1.98. The van der Waals surface area contributed by atoms with Crippen LogP contribution in [0.4, 0.5) is 0 Å². The fourth-order valence-electron chi connectivity index (χ4n) is 1.19. The molecule has 0 aliphatic rings. The van der Waals surface area contributed by atoms with E-state index < -0.39 is 0 Å². The first-order valence-electron chi connectivity index (χ1n) is 4.25. The summed E-state index contributed by atoms with van der Waals surface area (Å²) in [5.41, 5.74) is 2.11. The molecule has 0 amide bonds. The first kappa shape index (κ1) is 10.4. The van der Waals surface area contributed by atoms with Crippen molar-refractivity contribution in [3.63, 3.8) is 0 Å². The summed E-state index contributed by atoms with van der Waals surface area (Å²) >= 11 is 0. The van der Waals surface area contributed by atoms with Gasteiger partial charge in [0.05, 0.1) is 8.41 Å². The molecule has 2 aromatic heterocycles. The van der Waals surface area contributed by atoms with Gasteiger partial charge in [-0.2, -0.15) is 0 Å². The van der Waals surface area contributed by atoms with Gasteiger partial charge >= 0.3 is 0 Å². The quantitative estimate of drug-likeness (QED) is 0.647. The van der Waals surface area contributed by atoms with E-state index in [1.807, 2.05) is 36.4 Å². The number of aromatic nitrogens is 2. The van der Waals surface area contributed by atoms with Crippen molar-refractivity contribution < 1.29 is 0 Å². The van der Waals surface area contributed by atoms with Gasteiger partial charge in [-0.05, 0) is 24.3 Å². The van der Waals surface area contributed by atoms with Gasteiger partial charge in [0.2, 0.25) is 0 Å². The highest BCUT2D eigenvalue weighted by molar-refractivity contribution is 5.75. The van der Waals surface area contributed by atoms with Crippen LogP contribution in [-0.2, 0) is 6.42 Å². The normalized spacial score (nSPS) is 9.14. The molecule has 0 bridgehead atoms. The van der Waals surface area contributed by atoms with Crippen LogP contribution in [-0.4, -0.2) is 18.4 Å². The summed E-state index contributed by atoms with van der Waals surface area (Å²) in [5, 5.41) is 0. The largest absolute Gasteiger partial charge is 0.261 e. The van der Waals surface area contributed by atoms with E-state index >= 15 is 0 Å². The van der Waals surface area contributed by atoms with Crippen molar-refractivity contribution in [1.29, 1.82) is 0 Å². The zero-order chi connectivity index (χ0) is 8.93. The predicted octanol–water partition coefficient (Wildman–Crippen LogP) is 0.883. The molecule has 0 atom stereocenters. The van der Waals surface area contributed by atoms with Crippen molar-refractivity contribution in [3.05, 3.63) is 60.2 Å². The van der Waals surface area contributed by atoms with E-state index in [9.17, 15) is 0 Å². The molecule has 0 radical (unpaired) electrons. The van der Waals surface area contributed by atoms with Crippen LogP contribution in [0, 0.1) is 0 Å². The van der Waals surface area contributed by atoms with Crippen LogP contribution in [0.15, 0.2) is 48.8 Å². The van der Waals surface area contributed by atoms with Crippen molar-refractivity contribution in [2.24, 2.45) is 0 Å². The van der Waals surface area contributed by atoms with Gasteiger partial charge in [0, 0.05) is 30.2 Å². The Labute approximate surface area is 85.6 Å². The summed E-state index contributed by atoms with van der Waals surface area (Å²) in [5.74, 6) is 0. The summed E-state index contributed by atoms with van der Waals surface area (Å²) in [6.45, 7) is 0. The van der Waals surface area contributed by atoms with Crippen LogP contribution < -0.4 is 0 Å². The SMILES string of the molecule is B.c1ccc(Cc2ccccn2)nc1. The summed E-state index contributed by atoms with van der Waals surface area (Å²) in [4.78, 5) is 8.47. The van der Waals surface area contributed by atoms with Crippen molar-refractivity contribution >= 4 is 8.41 Å². The Hall–Kier alpha value is -1.64. The lowest BCUT2D eigenvalue weighted by Crippen LogP contribution is -1.92. The fraction of sp³-hybridized carbons (Fsp3) is 0.0909. The average Bonchev–Trinajstić information content (AvgIpc) is 2.21. The second-order valence-electron chi connectivity index (χ2n) is 2.82. The molecule has 0 unspecified atom stereocenters. The van der Waals surface area contributed by atoms with Crippen molar-refractivity contribution in [1.82, 2.24) is 9.97 Å². The van der Waals surface area contributed by atoms with E-state index in [1.165, 1.54) is 0 Å². The second-order valence-corrected chi connectivity index (χ2v) is 2.82. The minimum absolute atomic E-state index is 0. The topological polar surface area (TPSA) is 25.8 Å². The maximum absolute atomic E-state index is 4.23. The molecule has 0 saturated carbocycles. The van der Waals surface area contributed by atoms with E-state index in [0.29, 0.717) is 0 Å². The lowest BCUT2D eigenvalue weighted by atomic mass is 10.2. The summed E-state index contributed by atoms with van der Waals surface area (Å²) in [7, 11) is 0. The molecule has 2 heterocycles. The third-order valence-corrected chi connectivity index (χ3v) is 1.81. The molecule has 2 aromatic rings. The Balaban J connectivity index is 0.000000980. The van der Waals surface area contributed by atoms with Gasteiger partial charge in [-0.15, -0.1) is 0 Å². The molecule has 0 saturated heterocycles. The molecule has 0 aromatic carbocycles. The first-order chi connectivity index (χ1) is 6.45. The van der Waals surface area contributed by atoms with Crippen molar-refractivity contribution in [2.75, 3.05) is 0 Å². The zero-order valence-electron chi connectivity index (χ0n) is 7.22. The summed E-state index contributed by atoms with van der Waals surface area (Å²) < 4.78 is 0. The van der Waals surface area contributed by atoms with Crippen LogP contribution in [0.1, 0.15) is 11.4 Å². The Bertz CT molecular complexity index is 324. The lowest BCUT2D eigenvalue weighted by molar-refractivity contribution is 1.01. The third-order valence-electron chi connectivity index (χ3n) is 1.81. The molecule has 3 heteroatoms. The minimum Gasteiger partial charge on any atom is -0.261 e.